The van der Waals surface area contributed by atoms with Crippen LogP contribution in [0.4, 0.5) is 4.79 Å². The van der Waals surface area contributed by atoms with Gasteiger partial charge in [-0.3, -0.25) is 0 Å². The molecule has 1 aliphatic heterocycles. The Bertz CT molecular complexity index is 1170. The van der Waals surface area contributed by atoms with Crippen LogP contribution in [-0.2, 0) is 14.3 Å². The predicted molar refractivity (Wildman–Crippen MR) is 115 cm³/mol. The number of amides is 2. The van der Waals surface area contributed by atoms with E-state index in [1.165, 1.54) is 11.3 Å². The quantitative estimate of drug-likeness (QED) is 0.528. The van der Waals surface area contributed by atoms with Crippen molar-refractivity contribution in [3.63, 3.8) is 0 Å². The Morgan fingerprint density at radius 1 is 1.16 bits per heavy atom. The van der Waals surface area contributed by atoms with Crippen LogP contribution < -0.4 is 10.6 Å². The highest BCUT2D eigenvalue weighted by Crippen LogP contribution is 2.30. The van der Waals surface area contributed by atoms with Gasteiger partial charge in [0.1, 0.15) is 29.0 Å². The van der Waals surface area contributed by atoms with Crippen molar-refractivity contribution in [2.45, 2.75) is 19.9 Å². The molecule has 10 heteroatoms. The summed E-state index contributed by atoms with van der Waals surface area (Å²) in [7, 11) is 0. The summed E-state index contributed by atoms with van der Waals surface area (Å²) in [5.74, 6) is -0.219. The lowest BCUT2D eigenvalue weighted by molar-refractivity contribution is -0.139. The normalized spacial score (nSPS) is 15.8. The molecule has 2 N–H and O–H groups in total. The molecule has 0 saturated heterocycles. The summed E-state index contributed by atoms with van der Waals surface area (Å²) >= 11 is 1.24. The van der Waals surface area contributed by atoms with E-state index in [0.717, 1.165) is 0 Å². The molecule has 2 amide bonds. The third-order valence-electron chi connectivity index (χ3n) is 4.75. The molecular formula is C22H21N3O6S. The van der Waals surface area contributed by atoms with Gasteiger partial charge in [-0.05, 0) is 49.6 Å². The zero-order valence-corrected chi connectivity index (χ0v) is 18.2. The molecule has 0 aromatic carbocycles. The highest BCUT2D eigenvalue weighted by atomic mass is 32.1. The minimum atomic E-state index is -0.873. The molecule has 3 aromatic rings. The number of ether oxygens (including phenoxy) is 2. The minimum Gasteiger partial charge on any atom is -0.464 e. The van der Waals surface area contributed by atoms with Crippen LogP contribution in [0.15, 0.2) is 63.8 Å². The summed E-state index contributed by atoms with van der Waals surface area (Å²) in [6.45, 7) is 3.26. The van der Waals surface area contributed by atoms with Gasteiger partial charge in [-0.25, -0.2) is 14.4 Å². The first-order valence-electron chi connectivity index (χ1n) is 9.90. The van der Waals surface area contributed by atoms with Crippen molar-refractivity contribution in [2.75, 3.05) is 13.2 Å². The van der Waals surface area contributed by atoms with Crippen LogP contribution in [0.25, 0.3) is 5.69 Å². The molecule has 1 aliphatic rings. The molecule has 3 aromatic heterocycles. The third-order valence-corrected chi connectivity index (χ3v) is 5.64. The number of carbonyl (C=O) groups excluding carboxylic acids is 3. The molecule has 166 valence electrons. The molecule has 0 spiro atoms. The number of esters is 2. The standard InChI is InChI=1S/C22H21N3O6S/c1-3-29-20(26)17-14(23-22(28)24-18(17)16-7-6-13(2)31-16)12-30-21(27)19-15(8-11-32-19)25-9-4-5-10-25/h4-11,18H,3,12H2,1-2H3,(H2,23,24,28). The number of rotatable bonds is 7. The fraction of sp³-hybridized carbons (Fsp3) is 0.227. The summed E-state index contributed by atoms with van der Waals surface area (Å²) in [5, 5.41) is 7.02. The fourth-order valence-electron chi connectivity index (χ4n) is 3.36. The van der Waals surface area contributed by atoms with E-state index < -0.39 is 24.0 Å². The largest absolute Gasteiger partial charge is 0.464 e. The minimum absolute atomic E-state index is 0.116. The first-order valence-corrected chi connectivity index (χ1v) is 10.8. The van der Waals surface area contributed by atoms with Gasteiger partial charge in [-0.15, -0.1) is 11.3 Å². The predicted octanol–water partition coefficient (Wildman–Crippen LogP) is 3.47. The van der Waals surface area contributed by atoms with Crippen molar-refractivity contribution in [3.05, 3.63) is 75.8 Å². The van der Waals surface area contributed by atoms with Gasteiger partial charge in [0.2, 0.25) is 0 Å². The van der Waals surface area contributed by atoms with Gasteiger partial charge in [0.25, 0.3) is 0 Å². The first kappa shape index (κ1) is 21.4. The number of carbonyl (C=O) groups is 3. The first-order chi connectivity index (χ1) is 15.5. The summed E-state index contributed by atoms with van der Waals surface area (Å²) in [6, 6.07) is 7.49. The number of nitrogens with zero attached hydrogens (tertiary/aromatic N) is 1. The SMILES string of the molecule is CCOC(=O)C1=C(COC(=O)c2sccc2-n2cccc2)NC(=O)NC1c1ccc(C)o1. The van der Waals surface area contributed by atoms with Crippen molar-refractivity contribution < 1.29 is 28.3 Å². The third kappa shape index (κ3) is 4.30. The second-order valence-corrected chi connectivity index (χ2v) is 7.81. The molecule has 32 heavy (non-hydrogen) atoms. The lowest BCUT2D eigenvalue weighted by atomic mass is 10.0. The van der Waals surface area contributed by atoms with Gasteiger partial charge in [0.05, 0.1) is 23.6 Å². The van der Waals surface area contributed by atoms with Crippen LogP contribution in [0.3, 0.4) is 0 Å². The lowest BCUT2D eigenvalue weighted by Crippen LogP contribution is -2.47. The van der Waals surface area contributed by atoms with Crippen LogP contribution in [0.2, 0.25) is 0 Å². The maximum atomic E-state index is 12.8. The van der Waals surface area contributed by atoms with Gasteiger partial charge >= 0.3 is 18.0 Å². The topological polar surface area (TPSA) is 112 Å². The Morgan fingerprint density at radius 2 is 1.94 bits per heavy atom. The average molecular weight is 455 g/mol. The number of hydrogen-bond acceptors (Lipinski definition) is 7. The van der Waals surface area contributed by atoms with Gasteiger partial charge in [0, 0.05) is 12.4 Å². The highest BCUT2D eigenvalue weighted by Gasteiger charge is 2.36. The van der Waals surface area contributed by atoms with E-state index in [1.807, 2.05) is 30.6 Å². The van der Waals surface area contributed by atoms with Gasteiger partial charge < -0.3 is 29.1 Å². The molecule has 4 rings (SSSR count). The zero-order chi connectivity index (χ0) is 22.7. The number of hydrogen-bond donors (Lipinski definition) is 2. The number of furan rings is 1. The molecule has 1 atom stereocenters. The van der Waals surface area contributed by atoms with E-state index in [2.05, 4.69) is 10.6 Å². The van der Waals surface area contributed by atoms with Crippen molar-refractivity contribution in [3.8, 4) is 5.69 Å². The van der Waals surface area contributed by atoms with Crippen molar-refractivity contribution in [1.82, 2.24) is 15.2 Å². The van der Waals surface area contributed by atoms with Gasteiger partial charge in [-0.2, -0.15) is 0 Å². The smallest absolute Gasteiger partial charge is 0.350 e. The number of aryl methyl sites for hydroxylation is 1. The Balaban J connectivity index is 1.62. The van der Waals surface area contributed by atoms with E-state index in [1.54, 1.807) is 35.9 Å². The second kappa shape index (κ2) is 9.15. The van der Waals surface area contributed by atoms with Crippen LogP contribution in [0, 0.1) is 6.92 Å². The molecular weight excluding hydrogens is 434 g/mol. The lowest BCUT2D eigenvalue weighted by Gasteiger charge is -2.27. The van der Waals surface area contributed by atoms with E-state index in [0.29, 0.717) is 22.1 Å². The zero-order valence-electron chi connectivity index (χ0n) is 17.4. The maximum Gasteiger partial charge on any atom is 0.350 e. The molecule has 1 unspecified atom stereocenters. The van der Waals surface area contributed by atoms with Gasteiger partial charge in [0.15, 0.2) is 0 Å². The monoisotopic (exact) mass is 455 g/mol. The van der Waals surface area contributed by atoms with Crippen molar-refractivity contribution in [1.29, 1.82) is 0 Å². The summed E-state index contributed by atoms with van der Waals surface area (Å²) < 4.78 is 18.1. The number of thiophene rings is 1. The maximum absolute atomic E-state index is 12.8. The van der Waals surface area contributed by atoms with E-state index in [-0.39, 0.29) is 24.5 Å². The van der Waals surface area contributed by atoms with Gasteiger partial charge in [-0.1, -0.05) is 0 Å². The van der Waals surface area contributed by atoms with Crippen molar-refractivity contribution in [2.24, 2.45) is 0 Å². The number of nitrogens with one attached hydrogen (secondary N) is 2. The van der Waals surface area contributed by atoms with Crippen molar-refractivity contribution >= 4 is 29.3 Å². The molecule has 0 radical (unpaired) electrons. The molecule has 4 heterocycles. The Hall–Kier alpha value is -3.79. The fourth-order valence-corrected chi connectivity index (χ4v) is 4.14. The summed E-state index contributed by atoms with van der Waals surface area (Å²) in [5.41, 5.74) is 0.937. The van der Waals surface area contributed by atoms with Crippen LogP contribution >= 0.6 is 11.3 Å². The average Bonchev–Trinajstić information content (AvgIpc) is 3.52. The molecule has 9 nitrogen and oxygen atoms in total. The molecule has 0 fully saturated rings. The Kier molecular flexibility index (Phi) is 6.13. The summed E-state index contributed by atoms with van der Waals surface area (Å²) in [6.07, 6.45) is 3.65. The Labute approximate surface area is 187 Å². The second-order valence-electron chi connectivity index (χ2n) is 6.89. The Morgan fingerprint density at radius 3 is 2.62 bits per heavy atom. The highest BCUT2D eigenvalue weighted by molar-refractivity contribution is 7.12. The number of aromatic nitrogens is 1. The number of urea groups is 1. The molecule has 0 aliphatic carbocycles. The van der Waals surface area contributed by atoms with Crippen LogP contribution in [0.5, 0.6) is 0 Å². The van der Waals surface area contributed by atoms with Crippen LogP contribution in [0.1, 0.15) is 34.2 Å². The molecule has 0 saturated carbocycles. The molecule has 0 bridgehead atoms. The van der Waals surface area contributed by atoms with E-state index >= 15 is 0 Å². The van der Waals surface area contributed by atoms with E-state index in [9.17, 15) is 14.4 Å². The summed E-state index contributed by atoms with van der Waals surface area (Å²) in [4.78, 5) is 38.2. The van der Waals surface area contributed by atoms with E-state index in [4.69, 9.17) is 13.9 Å². The van der Waals surface area contributed by atoms with Crippen LogP contribution in [-0.4, -0.2) is 35.8 Å².